The number of unbranched alkanes of at least 4 members (excludes halogenated alkanes) is 1. The Morgan fingerprint density at radius 1 is 0.488 bits per heavy atom. The highest BCUT2D eigenvalue weighted by Gasteiger charge is 2.36. The Bertz CT molecular complexity index is 2500. The molecular formula is C55H83N11O16. The number of aromatic hydroxyl groups is 1. The summed E-state index contributed by atoms with van der Waals surface area (Å²) in [5.74, 6) is -13.3. The highest BCUT2D eigenvalue weighted by atomic mass is 16.4. The molecule has 0 spiro atoms. The van der Waals surface area contributed by atoms with E-state index in [0.29, 0.717) is 24.0 Å². The fraction of sp³-hybridized carbons (Fsp3) is 0.564. The summed E-state index contributed by atoms with van der Waals surface area (Å²) in [4.78, 5) is 158. The zero-order chi connectivity index (χ0) is 61.8. The van der Waals surface area contributed by atoms with E-state index in [1.165, 1.54) is 31.2 Å². The van der Waals surface area contributed by atoms with Gasteiger partial charge in [-0.3, -0.25) is 52.7 Å². The Morgan fingerprint density at radius 3 is 1.49 bits per heavy atom. The summed E-state index contributed by atoms with van der Waals surface area (Å²) >= 11 is 0. The van der Waals surface area contributed by atoms with Crippen molar-refractivity contribution in [3.8, 4) is 5.75 Å². The van der Waals surface area contributed by atoms with Crippen molar-refractivity contribution in [1.29, 1.82) is 0 Å². The molecule has 10 atom stereocenters. The normalized spacial score (nSPS) is 14.8. The Labute approximate surface area is 476 Å². The number of aliphatic carboxylic acids is 3. The number of phenolic OH excluding ortho intramolecular Hbond substituents is 1. The van der Waals surface area contributed by atoms with Gasteiger partial charge in [0.2, 0.25) is 53.2 Å². The molecule has 2 aromatic rings. The number of hydrogen-bond acceptors (Lipinski definition) is 15. The van der Waals surface area contributed by atoms with Gasteiger partial charge in [-0.25, -0.2) is 4.79 Å². The molecule has 0 saturated carbocycles. The van der Waals surface area contributed by atoms with E-state index in [1.54, 1.807) is 71.9 Å². The first-order valence-corrected chi connectivity index (χ1v) is 27.2. The molecule has 0 saturated heterocycles. The lowest BCUT2D eigenvalue weighted by atomic mass is 9.97. The van der Waals surface area contributed by atoms with Crippen LogP contribution >= 0.6 is 0 Å². The number of amides is 9. The van der Waals surface area contributed by atoms with Crippen molar-refractivity contribution < 1.29 is 78.0 Å². The minimum absolute atomic E-state index is 0.0478. The van der Waals surface area contributed by atoms with Crippen LogP contribution in [0.4, 0.5) is 0 Å². The highest BCUT2D eigenvalue weighted by molar-refractivity contribution is 5.98. The topological polar surface area (TPSA) is 446 Å². The molecule has 454 valence electrons. The molecule has 0 heterocycles. The van der Waals surface area contributed by atoms with Crippen LogP contribution in [0.3, 0.4) is 0 Å². The molecule has 0 radical (unpaired) electrons. The molecule has 0 aliphatic rings. The first-order valence-electron chi connectivity index (χ1n) is 27.2. The molecule has 0 aromatic heterocycles. The van der Waals surface area contributed by atoms with Crippen molar-refractivity contribution >= 4 is 71.1 Å². The summed E-state index contributed by atoms with van der Waals surface area (Å²) in [6.07, 6.45) is -1.12. The van der Waals surface area contributed by atoms with E-state index in [2.05, 4.69) is 47.9 Å². The maximum Gasteiger partial charge on any atom is 0.326 e. The molecule has 27 nitrogen and oxygen atoms in total. The van der Waals surface area contributed by atoms with Crippen LogP contribution in [0.15, 0.2) is 54.6 Å². The van der Waals surface area contributed by atoms with Gasteiger partial charge in [0.05, 0.1) is 12.6 Å². The Kier molecular flexibility index (Phi) is 30.3. The van der Waals surface area contributed by atoms with E-state index >= 15 is 0 Å². The van der Waals surface area contributed by atoms with Crippen LogP contribution < -0.4 is 59.3 Å². The summed E-state index contributed by atoms with van der Waals surface area (Å²) in [7, 11) is 0. The quantitative estimate of drug-likeness (QED) is 0.0354. The number of nitrogens with one attached hydrogen (secondary N) is 9. The smallest absolute Gasteiger partial charge is 0.326 e. The molecule has 2 aromatic carbocycles. The zero-order valence-corrected chi connectivity index (χ0v) is 47.5. The summed E-state index contributed by atoms with van der Waals surface area (Å²) < 4.78 is 0. The number of carbonyl (C=O) groups is 12. The Balaban J connectivity index is 2.27. The maximum atomic E-state index is 14.2. The summed E-state index contributed by atoms with van der Waals surface area (Å²) in [5, 5.41) is 61.1. The van der Waals surface area contributed by atoms with Crippen LogP contribution in [0.5, 0.6) is 5.75 Å². The largest absolute Gasteiger partial charge is 0.508 e. The second-order valence-corrected chi connectivity index (χ2v) is 20.7. The van der Waals surface area contributed by atoms with Gasteiger partial charge < -0.3 is 79.7 Å². The highest BCUT2D eigenvalue weighted by Crippen LogP contribution is 2.15. The van der Waals surface area contributed by atoms with Crippen molar-refractivity contribution in [2.45, 2.75) is 167 Å². The lowest BCUT2D eigenvalue weighted by Crippen LogP contribution is -2.60. The van der Waals surface area contributed by atoms with E-state index in [4.69, 9.17) is 16.6 Å². The van der Waals surface area contributed by atoms with Gasteiger partial charge in [0.1, 0.15) is 54.1 Å². The van der Waals surface area contributed by atoms with Gasteiger partial charge in [0.15, 0.2) is 0 Å². The van der Waals surface area contributed by atoms with Crippen molar-refractivity contribution in [3.63, 3.8) is 0 Å². The first-order chi connectivity index (χ1) is 38.6. The van der Waals surface area contributed by atoms with Crippen molar-refractivity contribution in [2.24, 2.45) is 29.2 Å². The van der Waals surface area contributed by atoms with Crippen LogP contribution in [-0.2, 0) is 70.4 Å². The van der Waals surface area contributed by atoms with Crippen molar-refractivity contribution in [2.75, 3.05) is 13.1 Å². The fourth-order valence-corrected chi connectivity index (χ4v) is 8.10. The second kappa shape index (κ2) is 35.5. The SMILES string of the molecule is CC[C@H](C)[C@H](NC(=O)CNC(=O)[C@H](C)NC(=O)[C@@H](NC(=O)[C@@H](NC(=O)[C@@H](N)CCC(=O)O)C(C)C)C(C)C)C(=O)N[C@@H](CCCCN)C(=O)N[C@@H](CCC(=O)O)C(=O)N[C@@H](Cc1ccc(O)cc1)C(=O)N[C@@H](Cc1ccccc1)C(=O)O. The number of rotatable bonds is 37. The van der Waals surface area contributed by atoms with E-state index in [9.17, 15) is 72.9 Å². The minimum Gasteiger partial charge on any atom is -0.508 e. The second-order valence-electron chi connectivity index (χ2n) is 20.7. The predicted molar refractivity (Wildman–Crippen MR) is 297 cm³/mol. The standard InChI is InChI=1S/C55H83N11O16/c1-8-31(6)46(64-41(68)28-58-47(73)32(7)59-52(78)44(29(2)3)66-53(79)45(30(4)5)65-48(74)36(57)21-23-42(69)70)54(80)61-37(16-12-13-25-56)49(75)60-38(22-24-43(71)72)50(76)62-39(26-34-17-19-35(67)20-18-34)51(77)63-40(55(81)82)27-33-14-10-9-11-15-33/h9-11,14-15,17-20,29-32,36-40,44-46,67H,8,12-13,16,21-28,56-57H2,1-7H3,(H,58,73)(H,59,78)(H,60,75)(H,61,80)(H,62,76)(H,63,77)(H,64,68)(H,65,74)(H,66,79)(H,69,70)(H,71,72)(H,81,82)/t31-,32-,36-,37-,38-,39-,40-,44-,45-,46-/m0/s1. The molecule has 0 fully saturated rings. The van der Waals surface area contributed by atoms with Crippen LogP contribution in [0.25, 0.3) is 0 Å². The third-order valence-corrected chi connectivity index (χ3v) is 13.3. The first kappa shape index (κ1) is 69.9. The summed E-state index contributed by atoms with van der Waals surface area (Å²) in [5.41, 5.74) is 12.6. The van der Waals surface area contributed by atoms with Gasteiger partial charge in [-0.2, -0.15) is 0 Å². The van der Waals surface area contributed by atoms with Crippen LogP contribution in [0, 0.1) is 17.8 Å². The molecular weight excluding hydrogens is 1070 g/mol. The molecule has 2 rings (SSSR count). The number of hydrogen-bond donors (Lipinski definition) is 15. The molecule has 0 aliphatic heterocycles. The van der Waals surface area contributed by atoms with Crippen molar-refractivity contribution in [1.82, 2.24) is 47.9 Å². The number of carbonyl (C=O) groups excluding carboxylic acids is 9. The molecule has 0 bridgehead atoms. The monoisotopic (exact) mass is 1150 g/mol. The van der Waals surface area contributed by atoms with E-state index < -0.39 is 163 Å². The van der Waals surface area contributed by atoms with E-state index in [-0.39, 0.29) is 50.8 Å². The molecule has 0 unspecified atom stereocenters. The van der Waals surface area contributed by atoms with Crippen LogP contribution in [0.2, 0.25) is 0 Å². The number of nitrogens with two attached hydrogens (primary N) is 2. The van der Waals surface area contributed by atoms with E-state index in [0.717, 1.165) is 0 Å². The summed E-state index contributed by atoms with van der Waals surface area (Å²) in [6.45, 7) is 10.7. The number of carboxylic acids is 3. The molecule has 17 N–H and O–H groups in total. The Morgan fingerprint density at radius 2 is 0.951 bits per heavy atom. The molecule has 9 amide bonds. The maximum absolute atomic E-state index is 14.2. The third kappa shape index (κ3) is 25.1. The third-order valence-electron chi connectivity index (χ3n) is 13.3. The van der Waals surface area contributed by atoms with E-state index in [1.807, 2.05) is 0 Å². The number of carboxylic acid groups (broad SMARTS) is 3. The lowest BCUT2D eigenvalue weighted by Gasteiger charge is -2.28. The number of phenols is 1. The van der Waals surface area contributed by atoms with Crippen molar-refractivity contribution in [3.05, 3.63) is 65.7 Å². The van der Waals surface area contributed by atoms with Gasteiger partial charge in [-0.1, -0.05) is 90.4 Å². The minimum atomic E-state index is -1.64. The average Bonchev–Trinajstić information content (AvgIpc) is 3.44. The zero-order valence-electron chi connectivity index (χ0n) is 47.5. The van der Waals surface area contributed by atoms with Gasteiger partial charge in [-0.05, 0) is 86.6 Å². The van der Waals surface area contributed by atoms with Gasteiger partial charge in [0, 0.05) is 25.7 Å². The molecule has 0 aliphatic carbocycles. The summed E-state index contributed by atoms with van der Waals surface area (Å²) in [6, 6.07) is 1.86. The van der Waals surface area contributed by atoms with Crippen LogP contribution in [-0.4, -0.2) is 159 Å². The van der Waals surface area contributed by atoms with Gasteiger partial charge in [0.25, 0.3) is 0 Å². The fourth-order valence-electron chi connectivity index (χ4n) is 8.10. The average molecular weight is 1150 g/mol. The Hall–Kier alpha value is -8.20. The van der Waals surface area contributed by atoms with Crippen LogP contribution in [0.1, 0.15) is 111 Å². The predicted octanol–water partition coefficient (Wildman–Crippen LogP) is -1.18. The molecule has 27 heteroatoms. The molecule has 82 heavy (non-hydrogen) atoms. The lowest BCUT2D eigenvalue weighted by molar-refractivity contribution is -0.142. The van der Waals surface area contributed by atoms with Gasteiger partial charge in [-0.15, -0.1) is 0 Å². The number of benzene rings is 2. The van der Waals surface area contributed by atoms with Gasteiger partial charge >= 0.3 is 17.9 Å².